The Morgan fingerprint density at radius 1 is 0.250 bits per heavy atom. The second-order valence-corrected chi connectivity index (χ2v) is 16.6. The zero-order valence-electron chi connectivity index (χ0n) is 34.6. The molecule has 13 aromatic rings. The van der Waals surface area contributed by atoms with E-state index < -0.39 is 0 Å². The zero-order chi connectivity index (χ0) is 42.1. The van der Waals surface area contributed by atoms with E-state index in [1.54, 1.807) is 6.20 Å². The Kier molecular flexibility index (Phi) is 8.18. The molecular weight excluding hydrogens is 777 g/mol. The van der Waals surface area contributed by atoms with Gasteiger partial charge in [-0.3, -0.25) is 4.98 Å². The second kappa shape index (κ2) is 14.5. The van der Waals surface area contributed by atoms with Crippen molar-refractivity contribution in [2.24, 2.45) is 0 Å². The minimum absolute atomic E-state index is 0.611. The molecule has 4 nitrogen and oxygen atoms in total. The van der Waals surface area contributed by atoms with Gasteiger partial charge in [-0.1, -0.05) is 182 Å². The van der Waals surface area contributed by atoms with Crippen molar-refractivity contribution in [1.29, 1.82) is 0 Å². The molecule has 0 atom stereocenters. The number of fused-ring (bicyclic) bond motifs is 2. The number of benzene rings is 10. The van der Waals surface area contributed by atoms with E-state index in [2.05, 4.69) is 163 Å². The molecule has 0 spiro atoms. The molecule has 0 aliphatic rings. The van der Waals surface area contributed by atoms with Gasteiger partial charge in [-0.25, -0.2) is 15.0 Å². The highest BCUT2D eigenvalue weighted by Gasteiger charge is 2.18. The Morgan fingerprint density at radius 2 is 0.750 bits per heavy atom. The van der Waals surface area contributed by atoms with Gasteiger partial charge in [-0.05, 0) is 117 Å². The van der Waals surface area contributed by atoms with Gasteiger partial charge in [0.05, 0.1) is 0 Å². The van der Waals surface area contributed by atoms with Crippen LogP contribution in [0.5, 0.6) is 0 Å². The Labute approximate surface area is 369 Å². The highest BCUT2D eigenvalue weighted by atomic mass is 15.0. The van der Waals surface area contributed by atoms with Gasteiger partial charge in [-0.2, -0.15) is 0 Å². The molecule has 0 radical (unpaired) electrons. The zero-order valence-corrected chi connectivity index (χ0v) is 34.6. The maximum absolute atomic E-state index is 5.15. The minimum Gasteiger partial charge on any atom is -0.264 e. The number of aromatic nitrogens is 4. The van der Waals surface area contributed by atoms with E-state index in [1.807, 2.05) is 54.7 Å². The molecule has 0 aliphatic heterocycles. The summed E-state index contributed by atoms with van der Waals surface area (Å²) in [4.78, 5) is 19.7. The van der Waals surface area contributed by atoms with Crippen LogP contribution in [0.4, 0.5) is 0 Å². The number of pyridine rings is 1. The summed E-state index contributed by atoms with van der Waals surface area (Å²) in [7, 11) is 0. The molecule has 11 aromatic carbocycles. The third-order valence-corrected chi connectivity index (χ3v) is 12.9. The summed E-state index contributed by atoms with van der Waals surface area (Å²) in [5.41, 5.74) is 9.34. The lowest BCUT2D eigenvalue weighted by Gasteiger charge is -2.17. The van der Waals surface area contributed by atoms with Crippen LogP contribution in [0.3, 0.4) is 0 Å². The highest BCUT2D eigenvalue weighted by molar-refractivity contribution is 6.37. The van der Waals surface area contributed by atoms with E-state index in [0.717, 1.165) is 38.9 Å². The molecule has 64 heavy (non-hydrogen) atoms. The van der Waals surface area contributed by atoms with E-state index in [1.165, 1.54) is 75.8 Å². The molecule has 0 amide bonds. The average molecular weight is 813 g/mol. The van der Waals surface area contributed by atoms with Gasteiger partial charge in [0.15, 0.2) is 17.5 Å². The van der Waals surface area contributed by atoms with Gasteiger partial charge in [0.2, 0.25) is 0 Å². The van der Waals surface area contributed by atoms with Crippen molar-refractivity contribution in [3.8, 4) is 67.5 Å². The van der Waals surface area contributed by atoms with Crippen LogP contribution in [-0.4, -0.2) is 19.9 Å². The minimum atomic E-state index is 0.611. The molecule has 0 fully saturated rings. The molecule has 0 saturated carbocycles. The van der Waals surface area contributed by atoms with Crippen LogP contribution in [0.15, 0.2) is 219 Å². The Balaban J connectivity index is 0.939. The van der Waals surface area contributed by atoms with Crippen LogP contribution in [0.1, 0.15) is 0 Å². The Hall–Kier alpha value is -8.60. The fourth-order valence-electron chi connectivity index (χ4n) is 9.94. The smallest absolute Gasteiger partial charge is 0.164 e. The molecule has 0 N–H and O–H groups in total. The number of nitrogens with zero attached hydrogens (tertiary/aromatic N) is 4. The lowest BCUT2D eigenvalue weighted by molar-refractivity contribution is 1.07. The first-order valence-corrected chi connectivity index (χ1v) is 21.7. The monoisotopic (exact) mass is 812 g/mol. The molecule has 0 bridgehead atoms. The predicted molar refractivity (Wildman–Crippen MR) is 266 cm³/mol. The first-order chi connectivity index (χ1) is 31.7. The number of hydrogen-bond donors (Lipinski definition) is 0. The second-order valence-electron chi connectivity index (χ2n) is 16.6. The highest BCUT2D eigenvalue weighted by Crippen LogP contribution is 2.44. The fraction of sp³-hybridized carbons (Fsp3) is 0. The van der Waals surface area contributed by atoms with Crippen molar-refractivity contribution in [3.63, 3.8) is 0 Å². The van der Waals surface area contributed by atoms with Crippen LogP contribution in [0.2, 0.25) is 0 Å². The number of hydrogen-bond acceptors (Lipinski definition) is 4. The molecule has 0 unspecified atom stereocenters. The summed E-state index contributed by atoms with van der Waals surface area (Å²) in [6.07, 6.45) is 3.67. The SMILES string of the molecule is c1ccc(-c2nc(-c3cccc(-c4ccc(-c5cc6ccc7cccc8c9cccc%10ccc%11cccc(c(c5)c6c78)c%11c%109)cc4)c3)nc(-c3ccccc3-c3cccnc3)n2)cc1. The van der Waals surface area contributed by atoms with Gasteiger partial charge < -0.3 is 0 Å². The third kappa shape index (κ3) is 5.84. The van der Waals surface area contributed by atoms with E-state index >= 15 is 0 Å². The van der Waals surface area contributed by atoms with Gasteiger partial charge in [0, 0.05) is 34.6 Å². The van der Waals surface area contributed by atoms with E-state index in [4.69, 9.17) is 15.0 Å². The molecule has 2 heterocycles. The number of rotatable bonds is 6. The lowest BCUT2D eigenvalue weighted by atomic mass is 9.86. The summed E-state index contributed by atoms with van der Waals surface area (Å²) >= 11 is 0. The molecule has 0 saturated heterocycles. The fourth-order valence-corrected chi connectivity index (χ4v) is 9.94. The standard InChI is InChI=1S/C60H36N4/c1-2-11-42(12-3-1)58-62-59(64-60(63-58)52-20-5-4-19-48(52)46-18-10-32-61-36-46)45-17-6-16-43(33-45)37-24-26-38(27-25-37)47-34-44-31-30-41-14-8-22-50-49-21-7-13-39-28-29-40-15-9-23-51(56(40)54(39)49)53(35-47)57(44)55(41)50/h1-36H. The summed E-state index contributed by atoms with van der Waals surface area (Å²) in [6.45, 7) is 0. The largest absolute Gasteiger partial charge is 0.264 e. The van der Waals surface area contributed by atoms with Crippen molar-refractivity contribution in [3.05, 3.63) is 219 Å². The average Bonchev–Trinajstić information content (AvgIpc) is 3.37. The summed E-state index contributed by atoms with van der Waals surface area (Å²) in [5, 5.41) is 15.4. The van der Waals surface area contributed by atoms with Crippen molar-refractivity contribution in [2.75, 3.05) is 0 Å². The van der Waals surface area contributed by atoms with Gasteiger partial charge in [-0.15, -0.1) is 0 Å². The first-order valence-electron chi connectivity index (χ1n) is 21.7. The van der Waals surface area contributed by atoms with Gasteiger partial charge in [0.1, 0.15) is 0 Å². The summed E-state index contributed by atoms with van der Waals surface area (Å²) < 4.78 is 0. The van der Waals surface area contributed by atoms with Crippen molar-refractivity contribution >= 4 is 64.6 Å². The van der Waals surface area contributed by atoms with Crippen LogP contribution in [0.25, 0.3) is 132 Å². The van der Waals surface area contributed by atoms with Gasteiger partial charge in [0.25, 0.3) is 0 Å². The molecule has 0 aliphatic carbocycles. The molecule has 296 valence electrons. The summed E-state index contributed by atoms with van der Waals surface area (Å²) in [6, 6.07) is 74.1. The topological polar surface area (TPSA) is 51.6 Å². The predicted octanol–water partition coefficient (Wildman–Crippen LogP) is 15.6. The van der Waals surface area contributed by atoms with Crippen LogP contribution >= 0.6 is 0 Å². The normalized spacial score (nSPS) is 11.8. The van der Waals surface area contributed by atoms with Crippen molar-refractivity contribution in [1.82, 2.24) is 19.9 Å². The van der Waals surface area contributed by atoms with E-state index in [0.29, 0.717) is 17.5 Å². The third-order valence-electron chi connectivity index (χ3n) is 12.9. The molecule has 2 aromatic heterocycles. The Bertz CT molecular complexity index is 3930. The maximum Gasteiger partial charge on any atom is 0.164 e. The van der Waals surface area contributed by atoms with Crippen LogP contribution in [0, 0.1) is 0 Å². The lowest BCUT2D eigenvalue weighted by Crippen LogP contribution is -2.01. The molecule has 13 rings (SSSR count). The quantitative estimate of drug-likeness (QED) is 0.157. The van der Waals surface area contributed by atoms with E-state index in [9.17, 15) is 0 Å². The summed E-state index contributed by atoms with van der Waals surface area (Å²) in [5.74, 6) is 1.85. The van der Waals surface area contributed by atoms with E-state index in [-0.39, 0.29) is 0 Å². The first kappa shape index (κ1) is 36.1. The van der Waals surface area contributed by atoms with Gasteiger partial charge >= 0.3 is 0 Å². The van der Waals surface area contributed by atoms with Crippen molar-refractivity contribution < 1.29 is 0 Å². The Morgan fingerprint density at radius 3 is 1.41 bits per heavy atom. The molecular formula is C60H36N4. The van der Waals surface area contributed by atoms with Crippen LogP contribution in [-0.2, 0) is 0 Å². The van der Waals surface area contributed by atoms with Crippen molar-refractivity contribution in [2.45, 2.75) is 0 Å². The van der Waals surface area contributed by atoms with Crippen LogP contribution < -0.4 is 0 Å². The maximum atomic E-state index is 5.15. The molecule has 4 heteroatoms.